The highest BCUT2D eigenvalue weighted by Gasteiger charge is 2.49. The molecule has 1 spiro atoms. The fourth-order valence-electron chi connectivity index (χ4n) is 4.08. The molecule has 130 valence electrons. The summed E-state index contributed by atoms with van der Waals surface area (Å²) in [4.78, 5) is 31.4. The maximum atomic E-state index is 12.8. The predicted octanol–water partition coefficient (Wildman–Crippen LogP) is 1.99. The summed E-state index contributed by atoms with van der Waals surface area (Å²) in [6.45, 7) is 5.34. The minimum Gasteiger partial charge on any atom is -0.367 e. The van der Waals surface area contributed by atoms with Crippen molar-refractivity contribution in [3.8, 4) is 0 Å². The van der Waals surface area contributed by atoms with Gasteiger partial charge < -0.3 is 10.2 Å². The normalized spacial score (nSPS) is 25.0. The SMILES string of the molecule is Cc1ncc(C(=O)N2CCC3(CC(Nc4ccncn4)C3)C2)c(C)n1. The molecule has 0 unspecified atom stereocenters. The lowest BCUT2D eigenvalue weighted by Gasteiger charge is -2.45. The predicted molar refractivity (Wildman–Crippen MR) is 93.1 cm³/mol. The molecule has 1 N–H and O–H groups in total. The van der Waals surface area contributed by atoms with Crippen LogP contribution >= 0.6 is 0 Å². The van der Waals surface area contributed by atoms with E-state index in [1.54, 1.807) is 18.7 Å². The van der Waals surface area contributed by atoms with E-state index in [2.05, 4.69) is 25.3 Å². The van der Waals surface area contributed by atoms with Crippen LogP contribution in [0.4, 0.5) is 5.82 Å². The summed E-state index contributed by atoms with van der Waals surface area (Å²) in [5.41, 5.74) is 1.63. The highest BCUT2D eigenvalue weighted by Crippen LogP contribution is 2.49. The maximum absolute atomic E-state index is 12.8. The third kappa shape index (κ3) is 3.06. The second kappa shape index (κ2) is 6.06. The minimum atomic E-state index is 0.0570. The third-order valence-electron chi connectivity index (χ3n) is 5.35. The van der Waals surface area contributed by atoms with Crippen molar-refractivity contribution in [1.29, 1.82) is 0 Å². The Morgan fingerprint density at radius 1 is 1.32 bits per heavy atom. The molecular weight excluding hydrogens is 316 g/mol. The molecule has 0 bridgehead atoms. The van der Waals surface area contributed by atoms with Crippen LogP contribution in [0.3, 0.4) is 0 Å². The Kier molecular flexibility index (Phi) is 3.86. The molecule has 1 saturated heterocycles. The van der Waals surface area contributed by atoms with Crippen LogP contribution in [-0.4, -0.2) is 49.9 Å². The van der Waals surface area contributed by atoms with E-state index in [4.69, 9.17) is 0 Å². The van der Waals surface area contributed by atoms with Gasteiger partial charge in [0.05, 0.1) is 11.3 Å². The molecule has 2 aromatic heterocycles. The van der Waals surface area contributed by atoms with Gasteiger partial charge in [-0.05, 0) is 44.6 Å². The zero-order valence-electron chi connectivity index (χ0n) is 14.6. The zero-order valence-corrected chi connectivity index (χ0v) is 14.6. The Bertz CT molecular complexity index is 787. The number of amides is 1. The number of aromatic nitrogens is 4. The number of hydrogen-bond acceptors (Lipinski definition) is 6. The highest BCUT2D eigenvalue weighted by atomic mass is 16.2. The van der Waals surface area contributed by atoms with Crippen molar-refractivity contribution in [1.82, 2.24) is 24.8 Å². The number of carbonyl (C=O) groups excluding carboxylic acids is 1. The molecule has 0 radical (unpaired) electrons. The molecule has 2 fully saturated rings. The smallest absolute Gasteiger partial charge is 0.257 e. The summed E-state index contributed by atoms with van der Waals surface area (Å²) in [6.07, 6.45) is 8.16. The van der Waals surface area contributed by atoms with Gasteiger partial charge in [0.15, 0.2) is 0 Å². The summed E-state index contributed by atoms with van der Waals surface area (Å²) in [5, 5.41) is 3.45. The second-order valence-corrected chi connectivity index (χ2v) is 7.24. The van der Waals surface area contributed by atoms with Gasteiger partial charge in [0.25, 0.3) is 5.91 Å². The van der Waals surface area contributed by atoms with E-state index < -0.39 is 0 Å². The summed E-state index contributed by atoms with van der Waals surface area (Å²) in [5.74, 6) is 1.62. The second-order valence-electron chi connectivity index (χ2n) is 7.24. The molecule has 2 aliphatic rings. The van der Waals surface area contributed by atoms with E-state index in [9.17, 15) is 4.79 Å². The molecule has 3 heterocycles. The Morgan fingerprint density at radius 3 is 2.88 bits per heavy atom. The van der Waals surface area contributed by atoms with Gasteiger partial charge in [-0.1, -0.05) is 0 Å². The largest absolute Gasteiger partial charge is 0.367 e. The number of likely N-dealkylation sites (tertiary alicyclic amines) is 1. The van der Waals surface area contributed by atoms with E-state index in [0.29, 0.717) is 17.4 Å². The van der Waals surface area contributed by atoms with Gasteiger partial charge in [0, 0.05) is 31.5 Å². The van der Waals surface area contributed by atoms with Gasteiger partial charge in [-0.3, -0.25) is 4.79 Å². The van der Waals surface area contributed by atoms with Crippen LogP contribution in [0, 0.1) is 19.3 Å². The molecule has 1 amide bonds. The fraction of sp³-hybridized carbons (Fsp3) is 0.500. The molecule has 1 aliphatic carbocycles. The van der Waals surface area contributed by atoms with Crippen molar-refractivity contribution < 1.29 is 4.79 Å². The van der Waals surface area contributed by atoms with Crippen molar-refractivity contribution in [3.63, 3.8) is 0 Å². The molecule has 0 atom stereocenters. The van der Waals surface area contributed by atoms with Crippen LogP contribution in [0.2, 0.25) is 0 Å². The molecule has 2 aromatic rings. The van der Waals surface area contributed by atoms with Crippen molar-refractivity contribution in [2.24, 2.45) is 5.41 Å². The molecule has 1 saturated carbocycles. The van der Waals surface area contributed by atoms with E-state index in [1.165, 1.54) is 0 Å². The van der Waals surface area contributed by atoms with Crippen LogP contribution in [-0.2, 0) is 0 Å². The molecule has 7 nitrogen and oxygen atoms in total. The number of hydrogen-bond donors (Lipinski definition) is 1. The lowest BCUT2D eigenvalue weighted by molar-refractivity contribution is 0.0714. The van der Waals surface area contributed by atoms with Gasteiger partial charge in [0.1, 0.15) is 18.0 Å². The van der Waals surface area contributed by atoms with Crippen LogP contribution < -0.4 is 5.32 Å². The van der Waals surface area contributed by atoms with Gasteiger partial charge in [0.2, 0.25) is 0 Å². The lowest BCUT2D eigenvalue weighted by atomic mass is 9.65. The number of aryl methyl sites for hydroxylation is 2. The summed E-state index contributed by atoms with van der Waals surface area (Å²) in [6, 6.07) is 2.31. The molecule has 4 rings (SSSR count). The number of nitrogens with zero attached hydrogens (tertiary/aromatic N) is 5. The van der Waals surface area contributed by atoms with Gasteiger partial charge in [-0.25, -0.2) is 19.9 Å². The van der Waals surface area contributed by atoms with Crippen molar-refractivity contribution >= 4 is 11.7 Å². The molecule has 0 aromatic carbocycles. The van der Waals surface area contributed by atoms with Crippen LogP contribution in [0.25, 0.3) is 0 Å². The number of nitrogens with one attached hydrogen (secondary N) is 1. The Morgan fingerprint density at radius 2 is 2.16 bits per heavy atom. The first-order chi connectivity index (χ1) is 12.0. The Labute approximate surface area is 146 Å². The van der Waals surface area contributed by atoms with E-state index in [-0.39, 0.29) is 11.3 Å². The van der Waals surface area contributed by atoms with Gasteiger partial charge in [-0.2, -0.15) is 0 Å². The first-order valence-electron chi connectivity index (χ1n) is 8.67. The van der Waals surface area contributed by atoms with Crippen molar-refractivity contribution in [2.75, 3.05) is 18.4 Å². The third-order valence-corrected chi connectivity index (χ3v) is 5.35. The number of anilines is 1. The number of rotatable bonds is 3. The summed E-state index contributed by atoms with van der Waals surface area (Å²) in [7, 11) is 0. The first kappa shape index (κ1) is 15.9. The standard InChI is InChI=1S/C18H22N6O/c1-12-15(9-20-13(2)22-12)17(25)24-6-4-18(10-24)7-14(8-18)23-16-3-5-19-11-21-16/h3,5,9,11,14H,4,6-8,10H2,1-2H3,(H,19,21,23). The van der Waals surface area contributed by atoms with Gasteiger partial charge in [-0.15, -0.1) is 0 Å². The van der Waals surface area contributed by atoms with E-state index >= 15 is 0 Å². The molecule has 25 heavy (non-hydrogen) atoms. The first-order valence-corrected chi connectivity index (χ1v) is 8.67. The summed E-state index contributed by atoms with van der Waals surface area (Å²) >= 11 is 0. The zero-order chi connectivity index (χ0) is 17.4. The van der Waals surface area contributed by atoms with Crippen molar-refractivity contribution in [2.45, 2.75) is 39.2 Å². The lowest BCUT2D eigenvalue weighted by Crippen LogP contribution is -2.47. The van der Waals surface area contributed by atoms with E-state index in [0.717, 1.165) is 43.9 Å². The monoisotopic (exact) mass is 338 g/mol. The van der Waals surface area contributed by atoms with Crippen LogP contribution in [0.15, 0.2) is 24.8 Å². The molecule has 7 heteroatoms. The minimum absolute atomic E-state index is 0.0570. The summed E-state index contributed by atoms with van der Waals surface area (Å²) < 4.78 is 0. The average molecular weight is 338 g/mol. The van der Waals surface area contributed by atoms with Crippen LogP contribution in [0.1, 0.15) is 41.1 Å². The van der Waals surface area contributed by atoms with E-state index in [1.807, 2.05) is 24.8 Å². The Hall–Kier alpha value is -2.57. The maximum Gasteiger partial charge on any atom is 0.257 e. The Balaban J connectivity index is 1.37. The quantitative estimate of drug-likeness (QED) is 0.921. The fourth-order valence-corrected chi connectivity index (χ4v) is 4.08. The molecule has 1 aliphatic heterocycles. The molecular formula is C18H22N6O. The van der Waals surface area contributed by atoms with Crippen molar-refractivity contribution in [3.05, 3.63) is 41.9 Å². The number of carbonyl (C=O) groups is 1. The van der Waals surface area contributed by atoms with Crippen LogP contribution in [0.5, 0.6) is 0 Å². The van der Waals surface area contributed by atoms with Gasteiger partial charge >= 0.3 is 0 Å². The highest BCUT2D eigenvalue weighted by molar-refractivity contribution is 5.95. The topological polar surface area (TPSA) is 83.9 Å². The average Bonchev–Trinajstić information content (AvgIpc) is 3.00.